The van der Waals surface area contributed by atoms with Crippen molar-refractivity contribution in [3.63, 3.8) is 0 Å². The number of ether oxygens (including phenoxy) is 4. The zero-order chi connectivity index (χ0) is 41.9. The number of unbranched alkanes of at least 4 members (excludes halogenated alkanes) is 23. The molecule has 57 heavy (non-hydrogen) atoms. The third kappa shape index (κ3) is 28.1. The topological polar surface area (TPSA) is 201 Å². The van der Waals surface area contributed by atoms with Gasteiger partial charge in [-0.2, -0.15) is 0 Å². The molecule has 1 rings (SSSR count). The minimum Gasteiger partial charge on any atom is -0.480 e. The summed E-state index contributed by atoms with van der Waals surface area (Å²) in [5.74, 6) is -2.80. The van der Waals surface area contributed by atoms with Gasteiger partial charge >= 0.3 is 11.9 Å². The first-order chi connectivity index (χ1) is 27.6. The van der Waals surface area contributed by atoms with Gasteiger partial charge in [-0.05, 0) is 19.3 Å². The minimum absolute atomic E-state index is 0.239. The van der Waals surface area contributed by atoms with Crippen LogP contribution in [0.2, 0.25) is 0 Å². The molecule has 1 saturated heterocycles. The lowest BCUT2D eigenvalue weighted by atomic mass is 9.99. The van der Waals surface area contributed by atoms with Crippen molar-refractivity contribution in [1.29, 1.82) is 0 Å². The molecule has 1 amide bonds. The van der Waals surface area contributed by atoms with Gasteiger partial charge in [0.1, 0.15) is 37.6 Å². The highest BCUT2D eigenvalue weighted by atomic mass is 16.7. The highest BCUT2D eigenvalue weighted by Gasteiger charge is 2.46. The van der Waals surface area contributed by atoms with Gasteiger partial charge in [0.2, 0.25) is 5.91 Å². The summed E-state index contributed by atoms with van der Waals surface area (Å²) in [7, 11) is 0. The van der Waals surface area contributed by atoms with Crippen LogP contribution in [0.5, 0.6) is 0 Å². The summed E-state index contributed by atoms with van der Waals surface area (Å²) in [6.45, 7) is 2.30. The first-order valence-electron chi connectivity index (χ1n) is 22.5. The largest absolute Gasteiger partial charge is 0.480 e. The lowest BCUT2D eigenvalue weighted by Gasteiger charge is -2.42. The molecular weight excluding hydrogens is 734 g/mol. The van der Waals surface area contributed by atoms with Gasteiger partial charge in [-0.15, -0.1) is 0 Å². The lowest BCUT2D eigenvalue weighted by molar-refractivity contribution is -0.309. The molecule has 0 saturated carbocycles. The Morgan fingerprint density at radius 1 is 0.649 bits per heavy atom. The summed E-state index contributed by atoms with van der Waals surface area (Å²) in [5, 5.41) is 53.7. The number of amides is 1. The molecule has 0 aliphatic carbocycles. The van der Waals surface area contributed by atoms with E-state index in [0.29, 0.717) is 6.42 Å². The molecule has 1 aliphatic heterocycles. The molecule has 6 N–H and O–H groups in total. The van der Waals surface area contributed by atoms with Crippen molar-refractivity contribution in [3.8, 4) is 0 Å². The minimum atomic E-state index is -1.68. The van der Waals surface area contributed by atoms with Crippen molar-refractivity contribution in [2.24, 2.45) is 0 Å². The smallest absolute Gasteiger partial charge is 0.329 e. The molecule has 1 heterocycles. The second-order valence-corrected chi connectivity index (χ2v) is 15.8. The fraction of sp³-hybridized carbons (Fsp3) is 0.886. The van der Waals surface area contributed by atoms with Crippen molar-refractivity contribution < 1.29 is 58.9 Å². The maximum Gasteiger partial charge on any atom is 0.329 e. The van der Waals surface area contributed by atoms with Crippen molar-refractivity contribution in [2.45, 2.75) is 224 Å². The summed E-state index contributed by atoms with van der Waals surface area (Å²) in [6.07, 6.45) is 25.3. The molecule has 0 aromatic carbocycles. The summed E-state index contributed by atoms with van der Waals surface area (Å²) < 4.78 is 22.0. The van der Waals surface area contributed by atoms with Crippen LogP contribution in [-0.2, 0) is 33.3 Å². The zero-order valence-corrected chi connectivity index (χ0v) is 35.5. The quantitative estimate of drug-likeness (QED) is 0.0263. The Morgan fingerprint density at radius 3 is 1.61 bits per heavy atom. The second kappa shape index (κ2) is 35.8. The van der Waals surface area contributed by atoms with Crippen molar-refractivity contribution in [2.75, 3.05) is 26.4 Å². The molecule has 13 nitrogen and oxygen atoms in total. The number of carbonyl (C=O) groups is 3. The van der Waals surface area contributed by atoms with E-state index in [4.69, 9.17) is 29.2 Å². The third-order valence-corrected chi connectivity index (χ3v) is 10.6. The second-order valence-electron chi connectivity index (χ2n) is 15.8. The SMILES string of the molecule is CCCCCCCCCCCCC/C=C/[C@@H](O)[C@H](CO[C@H]1O[C@H](COCC(=O)O)[C@H](OCC(=O)O)[C@H](O)[C@H]1O)NC(=O)CCCCCCCCCCCCCCC. The Hall–Kier alpha value is -2.13. The first-order valence-corrected chi connectivity index (χ1v) is 22.5. The van der Waals surface area contributed by atoms with Crippen LogP contribution in [-0.4, -0.2) is 113 Å². The average Bonchev–Trinajstić information content (AvgIpc) is 3.18. The van der Waals surface area contributed by atoms with Crippen LogP contribution in [0.1, 0.15) is 181 Å². The maximum atomic E-state index is 13.1. The van der Waals surface area contributed by atoms with Crippen molar-refractivity contribution in [3.05, 3.63) is 12.2 Å². The third-order valence-electron chi connectivity index (χ3n) is 10.6. The Balaban J connectivity index is 2.69. The number of aliphatic hydroxyl groups is 3. The lowest BCUT2D eigenvalue weighted by Crippen LogP contribution is -2.61. The molecule has 7 atom stereocenters. The van der Waals surface area contributed by atoms with Gasteiger partial charge in [-0.25, -0.2) is 9.59 Å². The summed E-state index contributed by atoms with van der Waals surface area (Å²) in [6, 6.07) is -0.899. The number of hydrogen-bond acceptors (Lipinski definition) is 10. The van der Waals surface area contributed by atoms with Gasteiger partial charge in [0.25, 0.3) is 0 Å². The van der Waals surface area contributed by atoms with E-state index in [-0.39, 0.29) is 18.9 Å². The summed E-state index contributed by atoms with van der Waals surface area (Å²) >= 11 is 0. The van der Waals surface area contributed by atoms with Crippen LogP contribution in [0, 0.1) is 0 Å². The number of carboxylic acids is 2. The Bertz CT molecular complexity index is 1030. The number of allylic oxidation sites excluding steroid dienone is 1. The summed E-state index contributed by atoms with van der Waals surface area (Å²) in [4.78, 5) is 35.2. The monoisotopic (exact) mass is 816 g/mol. The normalized spacial score (nSPS) is 20.8. The van der Waals surface area contributed by atoms with Crippen LogP contribution in [0.3, 0.4) is 0 Å². The fourth-order valence-corrected chi connectivity index (χ4v) is 7.12. The number of aliphatic carboxylic acids is 2. The Kier molecular flexibility index (Phi) is 33.2. The van der Waals surface area contributed by atoms with Crippen LogP contribution in [0.15, 0.2) is 12.2 Å². The molecule has 0 aromatic heterocycles. The highest BCUT2D eigenvalue weighted by molar-refractivity contribution is 5.76. The molecule has 0 unspecified atom stereocenters. The average molecular weight is 816 g/mol. The summed E-state index contributed by atoms with van der Waals surface area (Å²) in [5.41, 5.74) is 0. The van der Waals surface area contributed by atoms with Gasteiger partial charge < -0.3 is 49.8 Å². The van der Waals surface area contributed by atoms with E-state index in [1.54, 1.807) is 6.08 Å². The number of nitrogens with one attached hydrogen (secondary N) is 1. The number of rotatable bonds is 39. The molecule has 0 bridgehead atoms. The predicted molar refractivity (Wildman–Crippen MR) is 221 cm³/mol. The van der Waals surface area contributed by atoms with Crippen LogP contribution >= 0.6 is 0 Å². The molecule has 0 radical (unpaired) electrons. The van der Waals surface area contributed by atoms with Crippen molar-refractivity contribution >= 4 is 17.8 Å². The highest BCUT2D eigenvalue weighted by Crippen LogP contribution is 2.25. The molecular formula is C44H81NO12. The molecule has 13 heteroatoms. The molecule has 334 valence electrons. The Labute approximate surface area is 343 Å². The van der Waals surface area contributed by atoms with E-state index in [0.717, 1.165) is 38.5 Å². The first kappa shape index (κ1) is 52.9. The maximum absolute atomic E-state index is 13.1. The van der Waals surface area contributed by atoms with E-state index in [2.05, 4.69) is 19.2 Å². The van der Waals surface area contributed by atoms with Gasteiger partial charge in [0.15, 0.2) is 6.29 Å². The van der Waals surface area contributed by atoms with E-state index in [1.165, 1.54) is 116 Å². The fourth-order valence-electron chi connectivity index (χ4n) is 7.12. The van der Waals surface area contributed by atoms with Gasteiger partial charge in [-0.1, -0.05) is 167 Å². The van der Waals surface area contributed by atoms with E-state index < -0.39 is 74.6 Å². The van der Waals surface area contributed by atoms with Gasteiger partial charge in [-0.3, -0.25) is 4.79 Å². The number of aliphatic hydroxyl groups excluding tert-OH is 3. The number of carbonyl (C=O) groups excluding carboxylic acids is 1. The van der Waals surface area contributed by atoms with E-state index >= 15 is 0 Å². The van der Waals surface area contributed by atoms with Crippen molar-refractivity contribution in [1.82, 2.24) is 5.32 Å². The van der Waals surface area contributed by atoms with Gasteiger partial charge in [0, 0.05) is 6.42 Å². The van der Waals surface area contributed by atoms with Crippen LogP contribution in [0.25, 0.3) is 0 Å². The van der Waals surface area contributed by atoms with Crippen LogP contribution in [0.4, 0.5) is 0 Å². The molecule has 1 fully saturated rings. The Morgan fingerprint density at radius 2 is 1.12 bits per heavy atom. The standard InChI is InChI=1S/C44H81NO12/c1-3-5-7-9-11-13-15-17-19-21-23-25-27-29-36(46)35(45-38(47)30-28-26-24-22-20-18-16-14-12-10-8-6-4-2)31-56-44-42(53)41(52)43(55-34-40(50)51)37(57-44)32-54-33-39(48)49/h27,29,35-37,41-44,46,52-53H,3-26,28,30-34H2,1-2H3,(H,45,47)(H,48,49)(H,50,51)/b29-27+/t35-,36+,37+,41+,42+,43-,44-/m0/s1. The zero-order valence-electron chi connectivity index (χ0n) is 35.5. The molecule has 0 spiro atoms. The molecule has 0 aromatic rings. The van der Waals surface area contributed by atoms with E-state index in [9.17, 15) is 29.7 Å². The molecule has 1 aliphatic rings. The van der Waals surface area contributed by atoms with Crippen LogP contribution < -0.4 is 5.32 Å². The number of carboxylic acid groups (broad SMARTS) is 2. The van der Waals surface area contributed by atoms with E-state index in [1.807, 2.05) is 6.08 Å². The van der Waals surface area contributed by atoms with Gasteiger partial charge in [0.05, 0.1) is 25.4 Å². The predicted octanol–water partition coefficient (Wildman–Crippen LogP) is 7.61. The number of hydrogen-bond donors (Lipinski definition) is 6.